The second-order valence-corrected chi connectivity index (χ2v) is 9.51. The Hall–Kier alpha value is -3.66. The van der Waals surface area contributed by atoms with Gasteiger partial charge in [0.25, 0.3) is 0 Å². The van der Waals surface area contributed by atoms with Crippen LogP contribution in [0.5, 0.6) is 0 Å². The van der Waals surface area contributed by atoms with Gasteiger partial charge in [-0.1, -0.05) is 61.5 Å². The third-order valence-corrected chi connectivity index (χ3v) is 6.54. The number of benzene rings is 3. The zero-order valence-electron chi connectivity index (χ0n) is 19.3. The molecule has 1 atom stereocenters. The van der Waals surface area contributed by atoms with E-state index in [0.29, 0.717) is 17.5 Å². The van der Waals surface area contributed by atoms with Gasteiger partial charge in [-0.2, -0.15) is 0 Å². The summed E-state index contributed by atoms with van der Waals surface area (Å²) in [4.78, 5) is 19.4. The van der Waals surface area contributed by atoms with E-state index < -0.39 is 5.97 Å². The summed E-state index contributed by atoms with van der Waals surface area (Å²) in [6.45, 7) is 7.79. The normalized spacial score (nSPS) is 20.4. The van der Waals surface area contributed by atoms with Crippen LogP contribution in [0.1, 0.15) is 55.4 Å². The van der Waals surface area contributed by atoms with Gasteiger partial charge in [-0.3, -0.25) is 0 Å². The molecule has 0 spiro atoms. The number of nitrogens with zero attached hydrogens (tertiary/aromatic N) is 2. The van der Waals surface area contributed by atoms with Crippen molar-refractivity contribution in [3.05, 3.63) is 107 Å². The minimum absolute atomic E-state index is 0.0480. The zero-order chi connectivity index (χ0) is 23.0. The fourth-order valence-electron chi connectivity index (χ4n) is 4.94. The van der Waals surface area contributed by atoms with Gasteiger partial charge in [0.05, 0.1) is 0 Å². The van der Waals surface area contributed by atoms with E-state index in [9.17, 15) is 4.79 Å². The Balaban J connectivity index is 1.48. The minimum Gasteiger partial charge on any atom is -0.402 e. The molecule has 0 bridgehead atoms. The number of fused-ring (bicyclic) bond motifs is 1. The molecule has 0 radical (unpaired) electrons. The first-order valence-corrected chi connectivity index (χ1v) is 11.4. The summed E-state index contributed by atoms with van der Waals surface area (Å²) in [7, 11) is 0. The van der Waals surface area contributed by atoms with Gasteiger partial charge in [-0.25, -0.2) is 9.79 Å². The van der Waals surface area contributed by atoms with E-state index in [0.717, 1.165) is 24.1 Å². The molecule has 5 rings (SSSR count). The van der Waals surface area contributed by atoms with Crippen LogP contribution < -0.4 is 4.90 Å². The summed E-state index contributed by atoms with van der Waals surface area (Å²) in [5.74, 6) is 0.361. The maximum Gasteiger partial charge on any atom is 0.363 e. The van der Waals surface area contributed by atoms with Crippen LogP contribution in [0.2, 0.25) is 0 Å². The molecule has 2 heterocycles. The van der Waals surface area contributed by atoms with Gasteiger partial charge in [0, 0.05) is 23.3 Å². The number of hydrogen-bond donors (Lipinski definition) is 0. The summed E-state index contributed by atoms with van der Waals surface area (Å²) in [6, 6.07) is 26.6. The monoisotopic (exact) mass is 436 g/mol. The first kappa shape index (κ1) is 21.2. The van der Waals surface area contributed by atoms with Crippen molar-refractivity contribution in [3.63, 3.8) is 0 Å². The van der Waals surface area contributed by atoms with Crippen molar-refractivity contribution in [2.45, 2.75) is 45.2 Å². The summed E-state index contributed by atoms with van der Waals surface area (Å²) in [6.07, 6.45) is 2.89. The summed E-state index contributed by atoms with van der Waals surface area (Å²) < 4.78 is 5.41. The number of esters is 1. The molecule has 0 fully saturated rings. The maximum atomic E-state index is 12.4. The first-order chi connectivity index (χ1) is 15.9. The molecule has 0 saturated carbocycles. The molecule has 2 aliphatic heterocycles. The third-order valence-electron chi connectivity index (χ3n) is 6.54. The average molecular weight is 437 g/mol. The van der Waals surface area contributed by atoms with Crippen molar-refractivity contribution < 1.29 is 9.53 Å². The molecule has 4 nitrogen and oxygen atoms in total. The summed E-state index contributed by atoms with van der Waals surface area (Å²) in [5, 5.41) is 0. The van der Waals surface area contributed by atoms with E-state index in [1.807, 2.05) is 36.4 Å². The fraction of sp³-hybridized carbons (Fsp3) is 0.241. The molecule has 0 aliphatic carbocycles. The second kappa shape index (κ2) is 8.36. The lowest BCUT2D eigenvalue weighted by atomic mass is 9.79. The number of carbonyl (C=O) groups excluding carboxylic acids is 1. The van der Waals surface area contributed by atoms with Crippen LogP contribution in [-0.2, 0) is 16.1 Å². The van der Waals surface area contributed by atoms with Crippen molar-refractivity contribution >= 4 is 23.6 Å². The number of carbonyl (C=O) groups is 1. The number of aliphatic imine (C=N–C) groups is 1. The summed E-state index contributed by atoms with van der Waals surface area (Å²) >= 11 is 0. The van der Waals surface area contributed by atoms with E-state index in [-0.39, 0.29) is 5.54 Å². The lowest BCUT2D eigenvalue weighted by Gasteiger charge is -2.47. The van der Waals surface area contributed by atoms with Crippen molar-refractivity contribution in [2.24, 2.45) is 4.99 Å². The van der Waals surface area contributed by atoms with Crippen molar-refractivity contribution in [1.29, 1.82) is 0 Å². The van der Waals surface area contributed by atoms with E-state index in [4.69, 9.17) is 4.74 Å². The molecule has 3 aromatic carbocycles. The largest absolute Gasteiger partial charge is 0.402 e. The van der Waals surface area contributed by atoms with Crippen LogP contribution in [0.25, 0.3) is 6.08 Å². The van der Waals surface area contributed by atoms with Crippen LogP contribution >= 0.6 is 0 Å². The van der Waals surface area contributed by atoms with Gasteiger partial charge in [0.2, 0.25) is 5.90 Å². The average Bonchev–Trinajstić information content (AvgIpc) is 3.18. The molecular formula is C29H28N2O2. The minimum atomic E-state index is -0.411. The lowest BCUT2D eigenvalue weighted by molar-refractivity contribution is -0.129. The van der Waals surface area contributed by atoms with Gasteiger partial charge in [0.15, 0.2) is 5.70 Å². The van der Waals surface area contributed by atoms with Gasteiger partial charge >= 0.3 is 5.97 Å². The topological polar surface area (TPSA) is 41.9 Å². The zero-order valence-corrected chi connectivity index (χ0v) is 19.3. The molecular weight excluding hydrogens is 408 g/mol. The molecule has 33 heavy (non-hydrogen) atoms. The molecule has 4 heteroatoms. The molecule has 1 unspecified atom stereocenters. The Morgan fingerprint density at radius 1 is 1.03 bits per heavy atom. The Morgan fingerprint density at radius 2 is 1.73 bits per heavy atom. The van der Waals surface area contributed by atoms with Crippen molar-refractivity contribution in [1.82, 2.24) is 0 Å². The Bertz CT molecular complexity index is 1240. The maximum absolute atomic E-state index is 12.4. The van der Waals surface area contributed by atoms with Gasteiger partial charge in [0.1, 0.15) is 0 Å². The van der Waals surface area contributed by atoms with E-state index in [1.54, 1.807) is 0 Å². The molecule has 3 aromatic rings. The van der Waals surface area contributed by atoms with Gasteiger partial charge in [-0.05, 0) is 73.2 Å². The quantitative estimate of drug-likeness (QED) is 0.355. The van der Waals surface area contributed by atoms with E-state index >= 15 is 0 Å². The smallest absolute Gasteiger partial charge is 0.363 e. The molecule has 0 N–H and O–H groups in total. The SMILES string of the molecule is CC1CC(C)(C)N(Cc2ccccc2)c2ccc(/C=C3\N=C(c4ccccc4)OC3=O)cc21. The predicted octanol–water partition coefficient (Wildman–Crippen LogP) is 6.32. The Labute approximate surface area is 195 Å². The van der Waals surface area contributed by atoms with Crippen LogP contribution in [0.15, 0.2) is 89.6 Å². The molecule has 0 amide bonds. The number of ether oxygens (including phenoxy) is 1. The highest BCUT2D eigenvalue weighted by atomic mass is 16.6. The van der Waals surface area contributed by atoms with Crippen LogP contribution in [0.3, 0.4) is 0 Å². The number of hydrogen-bond acceptors (Lipinski definition) is 4. The highest BCUT2D eigenvalue weighted by Crippen LogP contribution is 2.44. The van der Waals surface area contributed by atoms with Crippen LogP contribution in [0, 0.1) is 0 Å². The number of rotatable bonds is 4. The highest BCUT2D eigenvalue weighted by Gasteiger charge is 2.36. The van der Waals surface area contributed by atoms with Crippen LogP contribution in [-0.4, -0.2) is 17.4 Å². The second-order valence-electron chi connectivity index (χ2n) is 9.51. The molecule has 166 valence electrons. The molecule has 0 aromatic heterocycles. The van der Waals surface area contributed by atoms with Crippen molar-refractivity contribution in [3.8, 4) is 0 Å². The van der Waals surface area contributed by atoms with Gasteiger partial charge in [-0.15, -0.1) is 0 Å². The number of anilines is 1. The standard InChI is InChI=1S/C29H28N2O2/c1-20-18-29(2,3)31(19-21-10-6-4-7-11-21)26-15-14-22(16-24(20)26)17-25-28(32)33-27(30-25)23-12-8-5-9-13-23/h4-17,20H,18-19H2,1-3H3/b25-17-. The fourth-order valence-corrected chi connectivity index (χ4v) is 4.94. The summed E-state index contributed by atoms with van der Waals surface area (Å²) in [5.41, 5.74) is 6.00. The highest BCUT2D eigenvalue weighted by molar-refractivity contribution is 6.12. The molecule has 0 saturated heterocycles. The predicted molar refractivity (Wildman–Crippen MR) is 133 cm³/mol. The number of cyclic esters (lactones) is 1. The van der Waals surface area contributed by atoms with Gasteiger partial charge < -0.3 is 9.64 Å². The van der Waals surface area contributed by atoms with E-state index in [2.05, 4.69) is 79.2 Å². The lowest BCUT2D eigenvalue weighted by Crippen LogP contribution is -2.47. The van der Waals surface area contributed by atoms with Crippen LogP contribution in [0.4, 0.5) is 5.69 Å². The Morgan fingerprint density at radius 3 is 2.45 bits per heavy atom. The van der Waals surface area contributed by atoms with Crippen molar-refractivity contribution in [2.75, 3.05) is 4.90 Å². The Kier molecular flexibility index (Phi) is 5.37. The first-order valence-electron chi connectivity index (χ1n) is 11.4. The molecule has 2 aliphatic rings. The third kappa shape index (κ3) is 4.21. The van der Waals surface area contributed by atoms with E-state index in [1.165, 1.54) is 16.8 Å².